The van der Waals surface area contributed by atoms with Gasteiger partial charge in [0, 0.05) is 15.9 Å². The predicted molar refractivity (Wildman–Crippen MR) is 71.1 cm³/mol. The number of azide groups is 1. The van der Waals surface area contributed by atoms with E-state index in [0.717, 1.165) is 10.0 Å². The van der Waals surface area contributed by atoms with Crippen molar-refractivity contribution in [1.82, 2.24) is 5.32 Å². The van der Waals surface area contributed by atoms with Gasteiger partial charge in [-0.05, 0) is 30.2 Å². The normalized spacial score (nSPS) is 11.2. The number of amides is 1. The maximum absolute atomic E-state index is 11.2. The third-order valence-corrected chi connectivity index (χ3v) is 2.63. The van der Waals surface area contributed by atoms with Crippen molar-refractivity contribution < 1.29 is 9.53 Å². The van der Waals surface area contributed by atoms with E-state index in [1.54, 1.807) is 6.92 Å². The van der Waals surface area contributed by atoms with E-state index in [2.05, 4.69) is 31.3 Å². The lowest BCUT2D eigenvalue weighted by Crippen LogP contribution is -2.28. The van der Waals surface area contributed by atoms with Crippen LogP contribution >= 0.6 is 15.9 Å². The minimum absolute atomic E-state index is 0.194. The molecule has 1 amide bonds. The van der Waals surface area contributed by atoms with Crippen LogP contribution in [0.25, 0.3) is 10.4 Å². The van der Waals surface area contributed by atoms with Gasteiger partial charge in [-0.25, -0.2) is 4.79 Å². The minimum Gasteiger partial charge on any atom is -0.450 e. The molecule has 0 radical (unpaired) electrons. The second kappa shape index (κ2) is 7.58. The Morgan fingerprint density at radius 3 is 3.06 bits per heavy atom. The molecule has 0 aliphatic carbocycles. The number of nitrogens with zero attached hydrogens (tertiary/aromatic N) is 3. The zero-order valence-electron chi connectivity index (χ0n) is 9.84. The first-order valence-electron chi connectivity index (χ1n) is 5.37. The van der Waals surface area contributed by atoms with E-state index in [9.17, 15) is 4.79 Å². The van der Waals surface area contributed by atoms with Crippen molar-refractivity contribution in [2.75, 3.05) is 13.2 Å². The van der Waals surface area contributed by atoms with Crippen LogP contribution in [-0.4, -0.2) is 19.2 Å². The number of carbonyl (C=O) groups excluding carboxylic acids is 1. The highest BCUT2D eigenvalue weighted by molar-refractivity contribution is 9.10. The Morgan fingerprint density at radius 1 is 1.67 bits per heavy atom. The first-order chi connectivity index (χ1) is 8.67. The maximum Gasteiger partial charge on any atom is 0.407 e. The van der Waals surface area contributed by atoms with Crippen LogP contribution < -0.4 is 5.32 Å². The Hall–Kier alpha value is -1.72. The average Bonchev–Trinajstić information content (AvgIpc) is 2.35. The largest absolute Gasteiger partial charge is 0.450 e. The summed E-state index contributed by atoms with van der Waals surface area (Å²) in [7, 11) is 0. The summed E-state index contributed by atoms with van der Waals surface area (Å²) in [6.45, 7) is 2.22. The van der Waals surface area contributed by atoms with Crippen LogP contribution in [0.5, 0.6) is 0 Å². The molecule has 18 heavy (non-hydrogen) atoms. The average molecular weight is 313 g/mol. The first kappa shape index (κ1) is 14.3. The lowest BCUT2D eigenvalue weighted by atomic mass is 10.1. The number of hydrogen-bond donors (Lipinski definition) is 1. The number of alkyl carbamates (subject to hydrolysis) is 1. The molecule has 0 spiro atoms. The SMILES string of the molecule is CCOC(=O)NCC(N=[N+]=[N-])c1cccc(Br)c1. The number of nitrogens with one attached hydrogen (secondary N) is 1. The number of carbonyl (C=O) groups is 1. The van der Waals surface area contributed by atoms with Gasteiger partial charge in [0.15, 0.2) is 0 Å². The third kappa shape index (κ3) is 4.65. The molecule has 0 aromatic heterocycles. The standard InChI is InChI=1S/C11H13BrN4O2/c1-2-18-11(17)14-7-10(15-16-13)8-4-3-5-9(12)6-8/h3-6,10H,2,7H2,1H3,(H,14,17). The molecule has 0 heterocycles. The first-order valence-corrected chi connectivity index (χ1v) is 6.17. The molecule has 1 aromatic rings. The molecular weight excluding hydrogens is 300 g/mol. The van der Waals surface area contributed by atoms with Gasteiger partial charge in [0.1, 0.15) is 0 Å². The molecule has 1 rings (SSSR count). The number of hydrogen-bond acceptors (Lipinski definition) is 3. The maximum atomic E-state index is 11.2. The van der Waals surface area contributed by atoms with Crippen molar-refractivity contribution in [2.45, 2.75) is 13.0 Å². The van der Waals surface area contributed by atoms with Crippen LogP contribution in [-0.2, 0) is 4.74 Å². The number of rotatable bonds is 5. The summed E-state index contributed by atoms with van der Waals surface area (Å²) in [4.78, 5) is 14.0. The number of halogens is 1. The Labute approximate surface area is 113 Å². The molecule has 0 saturated carbocycles. The molecule has 1 aromatic carbocycles. The Bertz CT molecular complexity index is 460. The molecule has 96 valence electrons. The summed E-state index contributed by atoms with van der Waals surface area (Å²) in [5, 5.41) is 6.20. The zero-order valence-corrected chi connectivity index (χ0v) is 11.4. The molecule has 0 saturated heterocycles. The summed E-state index contributed by atoms with van der Waals surface area (Å²) in [5.74, 6) is 0. The lowest BCUT2D eigenvalue weighted by Gasteiger charge is -2.12. The van der Waals surface area contributed by atoms with Crippen LogP contribution in [0.4, 0.5) is 4.79 Å². The quantitative estimate of drug-likeness (QED) is 0.512. The summed E-state index contributed by atoms with van der Waals surface area (Å²) in [6, 6.07) is 6.92. The van der Waals surface area contributed by atoms with Crippen LogP contribution in [0.2, 0.25) is 0 Å². The molecule has 0 aliphatic rings. The molecule has 0 bridgehead atoms. The van der Waals surface area contributed by atoms with Gasteiger partial charge in [0.05, 0.1) is 12.6 Å². The van der Waals surface area contributed by atoms with E-state index in [4.69, 9.17) is 10.3 Å². The van der Waals surface area contributed by atoms with Crippen LogP contribution in [0.1, 0.15) is 18.5 Å². The molecule has 6 nitrogen and oxygen atoms in total. The van der Waals surface area contributed by atoms with Crippen molar-refractivity contribution in [2.24, 2.45) is 5.11 Å². The van der Waals surface area contributed by atoms with Gasteiger partial charge in [-0.2, -0.15) is 0 Å². The van der Waals surface area contributed by atoms with Gasteiger partial charge in [0.25, 0.3) is 0 Å². The van der Waals surface area contributed by atoms with Crippen molar-refractivity contribution in [3.8, 4) is 0 Å². The highest BCUT2D eigenvalue weighted by Gasteiger charge is 2.11. The molecular formula is C11H13BrN4O2. The lowest BCUT2D eigenvalue weighted by molar-refractivity contribution is 0.151. The summed E-state index contributed by atoms with van der Waals surface area (Å²) in [6.07, 6.45) is -0.523. The van der Waals surface area contributed by atoms with E-state index in [0.29, 0.717) is 6.61 Å². The Balaban J connectivity index is 2.71. The second-order valence-electron chi connectivity index (χ2n) is 3.38. The predicted octanol–water partition coefficient (Wildman–Crippen LogP) is 3.55. The topological polar surface area (TPSA) is 87.1 Å². The smallest absolute Gasteiger partial charge is 0.407 e. The van der Waals surface area contributed by atoms with Gasteiger partial charge >= 0.3 is 6.09 Å². The number of benzene rings is 1. The molecule has 0 aliphatic heterocycles. The molecule has 1 atom stereocenters. The van der Waals surface area contributed by atoms with E-state index in [-0.39, 0.29) is 6.54 Å². The highest BCUT2D eigenvalue weighted by Crippen LogP contribution is 2.20. The molecule has 1 N–H and O–H groups in total. The van der Waals surface area contributed by atoms with Crippen molar-refractivity contribution >= 4 is 22.0 Å². The third-order valence-electron chi connectivity index (χ3n) is 2.14. The van der Waals surface area contributed by atoms with Gasteiger partial charge in [0.2, 0.25) is 0 Å². The van der Waals surface area contributed by atoms with Gasteiger partial charge in [-0.15, -0.1) is 0 Å². The van der Waals surface area contributed by atoms with E-state index >= 15 is 0 Å². The van der Waals surface area contributed by atoms with Crippen molar-refractivity contribution in [3.05, 3.63) is 44.7 Å². The summed E-state index contributed by atoms with van der Waals surface area (Å²) >= 11 is 3.34. The van der Waals surface area contributed by atoms with Gasteiger partial charge < -0.3 is 10.1 Å². The van der Waals surface area contributed by atoms with Crippen molar-refractivity contribution in [3.63, 3.8) is 0 Å². The number of ether oxygens (including phenoxy) is 1. The fourth-order valence-electron chi connectivity index (χ4n) is 1.36. The summed E-state index contributed by atoms with van der Waals surface area (Å²) in [5.41, 5.74) is 9.36. The van der Waals surface area contributed by atoms with E-state index in [1.807, 2.05) is 24.3 Å². The minimum atomic E-state index is -0.523. The van der Waals surface area contributed by atoms with Crippen LogP contribution in [0, 0.1) is 0 Å². The van der Waals surface area contributed by atoms with Crippen molar-refractivity contribution in [1.29, 1.82) is 0 Å². The molecule has 7 heteroatoms. The van der Waals surface area contributed by atoms with E-state index < -0.39 is 12.1 Å². The highest BCUT2D eigenvalue weighted by atomic mass is 79.9. The second-order valence-corrected chi connectivity index (χ2v) is 4.29. The van der Waals surface area contributed by atoms with Crippen LogP contribution in [0.15, 0.2) is 33.9 Å². The van der Waals surface area contributed by atoms with E-state index in [1.165, 1.54) is 0 Å². The zero-order chi connectivity index (χ0) is 13.4. The fraction of sp³-hybridized carbons (Fsp3) is 0.364. The van der Waals surface area contributed by atoms with Gasteiger partial charge in [-0.3, -0.25) is 0 Å². The monoisotopic (exact) mass is 312 g/mol. The Kier molecular flexibility index (Phi) is 6.04. The van der Waals surface area contributed by atoms with Crippen LogP contribution in [0.3, 0.4) is 0 Å². The molecule has 1 unspecified atom stereocenters. The molecule has 0 fully saturated rings. The van der Waals surface area contributed by atoms with Gasteiger partial charge in [-0.1, -0.05) is 33.2 Å². The Morgan fingerprint density at radius 2 is 2.44 bits per heavy atom. The fourth-order valence-corrected chi connectivity index (χ4v) is 1.78. The summed E-state index contributed by atoms with van der Waals surface area (Å²) < 4.78 is 5.62.